The topological polar surface area (TPSA) is 37.3 Å². The fourth-order valence-electron chi connectivity index (χ4n) is 3.63. The molecule has 0 amide bonds. The van der Waals surface area contributed by atoms with Crippen molar-refractivity contribution in [3.8, 4) is 0 Å². The number of hydrogen-bond acceptors (Lipinski definition) is 3. The van der Waals surface area contributed by atoms with Gasteiger partial charge in [0.15, 0.2) is 0 Å². The van der Waals surface area contributed by atoms with Crippen LogP contribution in [-0.4, -0.2) is 27.3 Å². The molecule has 0 aliphatic heterocycles. The molecular weight excluding hydrogens is 384 g/mol. The molecule has 0 unspecified atom stereocenters. The van der Waals surface area contributed by atoms with Gasteiger partial charge in [0.25, 0.3) is 0 Å². The predicted octanol–water partition coefficient (Wildman–Crippen LogP) is 7.28. The van der Waals surface area contributed by atoms with Gasteiger partial charge in [0.05, 0.1) is 5.75 Å². The van der Waals surface area contributed by atoms with Crippen molar-refractivity contribution in [3.05, 3.63) is 29.3 Å². The molecule has 4 heteroatoms. The van der Waals surface area contributed by atoms with Gasteiger partial charge in [-0.25, -0.2) is 0 Å². The van der Waals surface area contributed by atoms with Crippen LogP contribution in [0.15, 0.2) is 23.1 Å². The first-order valence-corrected chi connectivity index (χ1v) is 12.6. The zero-order chi connectivity index (χ0) is 20.9. The summed E-state index contributed by atoms with van der Waals surface area (Å²) in [5.41, 5.74) is 3.02. The highest BCUT2D eigenvalue weighted by Crippen LogP contribution is 2.40. The first-order chi connectivity index (χ1) is 13.0. The predicted molar refractivity (Wildman–Crippen MR) is 125 cm³/mol. The van der Waals surface area contributed by atoms with Gasteiger partial charge in [0, 0.05) is 15.4 Å². The van der Waals surface area contributed by atoms with E-state index >= 15 is 0 Å². The van der Waals surface area contributed by atoms with E-state index in [-0.39, 0.29) is 16.6 Å². The lowest BCUT2D eigenvalue weighted by molar-refractivity contribution is -0.133. The minimum absolute atomic E-state index is 0.120. The van der Waals surface area contributed by atoms with E-state index < -0.39 is 5.97 Å². The number of benzene rings is 1. The van der Waals surface area contributed by atoms with Crippen LogP contribution >= 0.6 is 23.5 Å². The number of aliphatic carboxylic acids is 1. The van der Waals surface area contributed by atoms with E-state index in [1.807, 2.05) is 11.8 Å². The molecule has 1 fully saturated rings. The molecule has 1 aromatic rings. The van der Waals surface area contributed by atoms with Crippen LogP contribution in [0.1, 0.15) is 91.2 Å². The van der Waals surface area contributed by atoms with Gasteiger partial charge in [-0.15, -0.1) is 23.5 Å². The Morgan fingerprint density at radius 1 is 0.893 bits per heavy atom. The van der Waals surface area contributed by atoms with Crippen LogP contribution in [0.2, 0.25) is 0 Å². The summed E-state index contributed by atoms with van der Waals surface area (Å²) in [6, 6.07) is 7.12. The van der Waals surface area contributed by atoms with Crippen molar-refractivity contribution in [2.24, 2.45) is 0 Å². The molecule has 28 heavy (non-hydrogen) atoms. The molecule has 158 valence electrons. The normalized spacial score (nSPS) is 21.8. The zero-order valence-electron chi connectivity index (χ0n) is 18.5. The average Bonchev–Trinajstić information content (AvgIpc) is 2.55. The van der Waals surface area contributed by atoms with Gasteiger partial charge >= 0.3 is 5.97 Å². The van der Waals surface area contributed by atoms with Gasteiger partial charge in [-0.1, -0.05) is 73.3 Å². The summed E-state index contributed by atoms with van der Waals surface area (Å²) >= 11 is 3.65. The molecule has 1 aliphatic carbocycles. The van der Waals surface area contributed by atoms with Crippen LogP contribution < -0.4 is 0 Å². The number of carboxylic acids is 1. The van der Waals surface area contributed by atoms with E-state index in [2.05, 4.69) is 59.7 Å². The molecule has 0 radical (unpaired) electrons. The van der Waals surface area contributed by atoms with E-state index in [0.717, 1.165) is 6.42 Å². The quantitative estimate of drug-likeness (QED) is 0.541. The standard InChI is InChI=1S/C24H38O2S2/c1-23(2,3)17-13-18(24(4,5)6)15-19(14-17)28-21-12-10-8-7-9-11-20(21)27-16-22(25)26/h13-15,20-21H,7-12,16H2,1-6H3,(H,25,26)/t20-,21-/m1/s1. The summed E-state index contributed by atoms with van der Waals surface area (Å²) in [6.07, 6.45) is 7.40. The van der Waals surface area contributed by atoms with E-state index in [1.54, 1.807) is 11.8 Å². The van der Waals surface area contributed by atoms with Crippen molar-refractivity contribution >= 4 is 29.5 Å². The SMILES string of the molecule is CC(C)(C)c1cc(S[C@@H]2CCCCCC[C@H]2SCC(=O)O)cc(C(C)(C)C)c1. The minimum Gasteiger partial charge on any atom is -0.481 e. The fourth-order valence-corrected chi connectivity index (χ4v) is 6.38. The van der Waals surface area contributed by atoms with Gasteiger partial charge in [0.1, 0.15) is 0 Å². The van der Waals surface area contributed by atoms with Crippen LogP contribution in [0.3, 0.4) is 0 Å². The highest BCUT2D eigenvalue weighted by molar-refractivity contribution is 8.04. The van der Waals surface area contributed by atoms with Crippen molar-refractivity contribution in [1.82, 2.24) is 0 Å². The Balaban J connectivity index is 2.31. The Labute approximate surface area is 180 Å². The van der Waals surface area contributed by atoms with Gasteiger partial charge in [0.2, 0.25) is 0 Å². The molecule has 0 saturated heterocycles. The average molecular weight is 423 g/mol. The summed E-state index contributed by atoms with van der Waals surface area (Å²) in [5.74, 6) is -0.475. The van der Waals surface area contributed by atoms with Crippen molar-refractivity contribution in [2.45, 2.75) is 106 Å². The highest BCUT2D eigenvalue weighted by Gasteiger charge is 2.27. The van der Waals surface area contributed by atoms with Crippen LogP contribution in [0.25, 0.3) is 0 Å². The van der Waals surface area contributed by atoms with E-state index in [4.69, 9.17) is 0 Å². The summed E-state index contributed by atoms with van der Waals surface area (Å²) in [7, 11) is 0. The lowest BCUT2D eigenvalue weighted by atomic mass is 9.81. The maximum absolute atomic E-state index is 11.1. The molecule has 0 heterocycles. The Kier molecular flexibility index (Phi) is 8.39. The van der Waals surface area contributed by atoms with Crippen LogP contribution in [-0.2, 0) is 15.6 Å². The third-order valence-electron chi connectivity index (χ3n) is 5.49. The number of carbonyl (C=O) groups is 1. The second-order valence-electron chi connectivity index (χ2n) is 10.1. The summed E-state index contributed by atoms with van der Waals surface area (Å²) in [4.78, 5) is 12.5. The molecule has 1 saturated carbocycles. The van der Waals surface area contributed by atoms with E-state index in [9.17, 15) is 9.90 Å². The third kappa shape index (κ3) is 7.33. The highest BCUT2D eigenvalue weighted by atomic mass is 32.2. The van der Waals surface area contributed by atoms with Gasteiger partial charge < -0.3 is 5.11 Å². The Hall–Kier alpha value is -0.610. The molecule has 0 aromatic heterocycles. The summed E-state index contributed by atoms with van der Waals surface area (Å²) in [6.45, 7) is 13.7. The molecule has 0 bridgehead atoms. The second kappa shape index (κ2) is 9.93. The molecule has 2 atom stereocenters. The second-order valence-corrected chi connectivity index (χ2v) is 12.7. The summed E-state index contributed by atoms with van der Waals surface area (Å²) in [5, 5.41) is 10.1. The molecule has 2 nitrogen and oxygen atoms in total. The van der Waals surface area contributed by atoms with Gasteiger partial charge in [-0.3, -0.25) is 4.79 Å². The van der Waals surface area contributed by atoms with Crippen LogP contribution in [0, 0.1) is 0 Å². The van der Waals surface area contributed by atoms with Gasteiger partial charge in [-0.2, -0.15) is 0 Å². The lowest BCUT2D eigenvalue weighted by Gasteiger charge is -2.30. The van der Waals surface area contributed by atoms with Crippen molar-refractivity contribution in [1.29, 1.82) is 0 Å². The Morgan fingerprint density at radius 3 is 1.86 bits per heavy atom. The number of thioether (sulfide) groups is 2. The largest absolute Gasteiger partial charge is 0.481 e. The molecule has 1 aliphatic rings. The van der Waals surface area contributed by atoms with Crippen LogP contribution in [0.4, 0.5) is 0 Å². The summed E-state index contributed by atoms with van der Waals surface area (Å²) < 4.78 is 0. The van der Waals surface area contributed by atoms with Gasteiger partial charge in [-0.05, 0) is 46.9 Å². The van der Waals surface area contributed by atoms with E-state index in [0.29, 0.717) is 10.5 Å². The Bertz CT molecular complexity index is 623. The molecule has 2 rings (SSSR count). The van der Waals surface area contributed by atoms with E-state index in [1.165, 1.54) is 48.1 Å². The zero-order valence-corrected chi connectivity index (χ0v) is 20.1. The number of carboxylic acid groups (broad SMARTS) is 1. The molecule has 1 aromatic carbocycles. The van der Waals surface area contributed by atoms with Crippen molar-refractivity contribution in [2.75, 3.05) is 5.75 Å². The third-order valence-corrected chi connectivity index (χ3v) is 8.44. The molecule has 0 spiro atoms. The lowest BCUT2D eigenvalue weighted by Crippen LogP contribution is -2.24. The van der Waals surface area contributed by atoms with Crippen LogP contribution in [0.5, 0.6) is 0 Å². The maximum atomic E-state index is 11.1. The number of hydrogen-bond donors (Lipinski definition) is 1. The monoisotopic (exact) mass is 422 g/mol. The Morgan fingerprint density at radius 2 is 1.39 bits per heavy atom. The fraction of sp³-hybridized carbons (Fsp3) is 0.708. The maximum Gasteiger partial charge on any atom is 0.313 e. The molecular formula is C24H38O2S2. The van der Waals surface area contributed by atoms with Crippen molar-refractivity contribution in [3.63, 3.8) is 0 Å². The van der Waals surface area contributed by atoms with Crippen molar-refractivity contribution < 1.29 is 9.90 Å². The first kappa shape index (κ1) is 23.7. The molecule has 1 N–H and O–H groups in total. The number of rotatable bonds is 5. The minimum atomic E-state index is -0.694. The smallest absolute Gasteiger partial charge is 0.313 e. The first-order valence-electron chi connectivity index (χ1n) is 10.6.